The van der Waals surface area contributed by atoms with Crippen LogP contribution in [0.2, 0.25) is 5.15 Å². The first-order valence-electron chi connectivity index (χ1n) is 5.17. The molecule has 0 saturated carbocycles. The zero-order chi connectivity index (χ0) is 12.4. The Hall–Kier alpha value is -1.82. The SMILES string of the molecule is CCc1nn(C)cc1Nc1ncnc(Cl)c1N. The third-order valence-corrected chi connectivity index (χ3v) is 2.63. The van der Waals surface area contributed by atoms with Gasteiger partial charge in [0, 0.05) is 13.2 Å². The number of aromatic nitrogens is 4. The predicted molar refractivity (Wildman–Crippen MR) is 67.3 cm³/mol. The Morgan fingerprint density at radius 3 is 2.94 bits per heavy atom. The zero-order valence-corrected chi connectivity index (χ0v) is 10.4. The van der Waals surface area contributed by atoms with Crippen molar-refractivity contribution >= 4 is 28.8 Å². The molecule has 2 aromatic rings. The smallest absolute Gasteiger partial charge is 0.158 e. The second-order valence-electron chi connectivity index (χ2n) is 3.57. The number of anilines is 3. The number of nitrogen functional groups attached to an aromatic ring is 1. The number of rotatable bonds is 3. The maximum absolute atomic E-state index is 5.82. The van der Waals surface area contributed by atoms with Crippen LogP contribution in [0.15, 0.2) is 12.5 Å². The van der Waals surface area contributed by atoms with Crippen molar-refractivity contribution in [1.82, 2.24) is 19.7 Å². The van der Waals surface area contributed by atoms with E-state index in [0.29, 0.717) is 11.5 Å². The van der Waals surface area contributed by atoms with Crippen LogP contribution in [0, 0.1) is 0 Å². The van der Waals surface area contributed by atoms with Crippen LogP contribution in [0.5, 0.6) is 0 Å². The van der Waals surface area contributed by atoms with Gasteiger partial charge in [0.2, 0.25) is 0 Å². The highest BCUT2D eigenvalue weighted by Gasteiger charge is 2.10. The van der Waals surface area contributed by atoms with Crippen molar-refractivity contribution in [3.63, 3.8) is 0 Å². The summed E-state index contributed by atoms with van der Waals surface area (Å²) < 4.78 is 1.74. The molecule has 90 valence electrons. The molecule has 0 aliphatic heterocycles. The highest BCUT2D eigenvalue weighted by molar-refractivity contribution is 6.32. The lowest BCUT2D eigenvalue weighted by Gasteiger charge is -2.07. The van der Waals surface area contributed by atoms with E-state index < -0.39 is 0 Å². The van der Waals surface area contributed by atoms with Crippen LogP contribution < -0.4 is 11.1 Å². The molecule has 0 bridgehead atoms. The highest BCUT2D eigenvalue weighted by Crippen LogP contribution is 2.26. The van der Waals surface area contributed by atoms with Gasteiger partial charge in [0.05, 0.1) is 11.4 Å². The highest BCUT2D eigenvalue weighted by atomic mass is 35.5. The van der Waals surface area contributed by atoms with Crippen LogP contribution in [-0.2, 0) is 13.5 Å². The Morgan fingerprint density at radius 1 is 1.47 bits per heavy atom. The van der Waals surface area contributed by atoms with Crippen molar-refractivity contribution in [2.45, 2.75) is 13.3 Å². The van der Waals surface area contributed by atoms with Gasteiger partial charge in [-0.2, -0.15) is 5.10 Å². The maximum Gasteiger partial charge on any atom is 0.158 e. The van der Waals surface area contributed by atoms with Gasteiger partial charge in [-0.1, -0.05) is 18.5 Å². The van der Waals surface area contributed by atoms with E-state index in [1.807, 2.05) is 20.2 Å². The first-order chi connectivity index (χ1) is 8.11. The minimum absolute atomic E-state index is 0.240. The number of halogens is 1. The molecule has 0 fully saturated rings. The first kappa shape index (κ1) is 11.7. The first-order valence-corrected chi connectivity index (χ1v) is 5.55. The maximum atomic E-state index is 5.82. The number of nitrogens with zero attached hydrogens (tertiary/aromatic N) is 4. The number of nitrogens with one attached hydrogen (secondary N) is 1. The van der Waals surface area contributed by atoms with Gasteiger partial charge in [0.15, 0.2) is 11.0 Å². The molecule has 2 aromatic heterocycles. The molecule has 3 N–H and O–H groups in total. The number of aryl methyl sites for hydroxylation is 2. The van der Waals surface area contributed by atoms with E-state index >= 15 is 0 Å². The van der Waals surface area contributed by atoms with E-state index in [-0.39, 0.29) is 5.15 Å². The summed E-state index contributed by atoms with van der Waals surface area (Å²) in [5.74, 6) is 0.493. The molecule has 2 heterocycles. The number of nitrogens with two attached hydrogens (primary N) is 1. The summed E-state index contributed by atoms with van der Waals surface area (Å²) in [6.07, 6.45) is 4.05. The molecule has 0 amide bonds. The van der Waals surface area contributed by atoms with Crippen LogP contribution in [0.1, 0.15) is 12.6 Å². The van der Waals surface area contributed by atoms with Crippen molar-refractivity contribution < 1.29 is 0 Å². The van der Waals surface area contributed by atoms with E-state index in [4.69, 9.17) is 17.3 Å². The molecule has 0 saturated heterocycles. The number of hydrogen-bond donors (Lipinski definition) is 2. The fourth-order valence-corrected chi connectivity index (χ4v) is 1.63. The molecular formula is C10H13ClN6. The summed E-state index contributed by atoms with van der Waals surface area (Å²) in [6.45, 7) is 2.03. The molecule has 0 unspecified atom stereocenters. The third kappa shape index (κ3) is 2.31. The summed E-state index contributed by atoms with van der Waals surface area (Å²) >= 11 is 5.82. The van der Waals surface area contributed by atoms with Crippen molar-refractivity contribution in [3.8, 4) is 0 Å². The fraction of sp³-hybridized carbons (Fsp3) is 0.300. The van der Waals surface area contributed by atoms with Gasteiger partial charge in [-0.05, 0) is 6.42 Å². The summed E-state index contributed by atoms with van der Waals surface area (Å²) in [7, 11) is 1.86. The Kier molecular flexibility index (Phi) is 3.14. The van der Waals surface area contributed by atoms with Crippen LogP contribution in [0.3, 0.4) is 0 Å². The average molecular weight is 253 g/mol. The largest absolute Gasteiger partial charge is 0.393 e. The molecule has 7 heteroatoms. The van der Waals surface area contributed by atoms with Crippen LogP contribution in [0.25, 0.3) is 0 Å². The fourth-order valence-electron chi connectivity index (χ4n) is 1.50. The van der Waals surface area contributed by atoms with E-state index in [0.717, 1.165) is 17.8 Å². The Labute approximate surface area is 104 Å². The molecular weight excluding hydrogens is 240 g/mol. The van der Waals surface area contributed by atoms with Gasteiger partial charge in [-0.3, -0.25) is 4.68 Å². The van der Waals surface area contributed by atoms with Gasteiger partial charge < -0.3 is 11.1 Å². The monoisotopic (exact) mass is 252 g/mol. The summed E-state index contributed by atoms with van der Waals surface area (Å²) in [4.78, 5) is 7.85. The van der Waals surface area contributed by atoms with Crippen molar-refractivity contribution in [2.24, 2.45) is 7.05 Å². The molecule has 17 heavy (non-hydrogen) atoms. The van der Waals surface area contributed by atoms with Crippen LogP contribution in [-0.4, -0.2) is 19.7 Å². The molecule has 0 aliphatic rings. The summed E-state index contributed by atoms with van der Waals surface area (Å²) in [5, 5.41) is 7.66. The summed E-state index contributed by atoms with van der Waals surface area (Å²) in [5.41, 5.74) is 7.93. The molecule has 0 radical (unpaired) electrons. The standard InChI is InChI=1S/C10H13ClN6/c1-3-6-7(4-17(2)16-6)15-10-8(12)9(11)13-5-14-10/h4-5H,3,12H2,1-2H3,(H,13,14,15). The average Bonchev–Trinajstić information content (AvgIpc) is 2.65. The lowest BCUT2D eigenvalue weighted by Crippen LogP contribution is -2.01. The lowest BCUT2D eigenvalue weighted by molar-refractivity contribution is 0.746. The van der Waals surface area contributed by atoms with Gasteiger partial charge in [-0.15, -0.1) is 0 Å². The van der Waals surface area contributed by atoms with Crippen molar-refractivity contribution in [3.05, 3.63) is 23.4 Å². The van der Waals surface area contributed by atoms with Crippen molar-refractivity contribution in [1.29, 1.82) is 0 Å². The predicted octanol–water partition coefficient (Wildman–Crippen LogP) is 1.75. The third-order valence-electron chi connectivity index (χ3n) is 2.33. The van der Waals surface area contributed by atoms with Crippen molar-refractivity contribution in [2.75, 3.05) is 11.1 Å². The lowest BCUT2D eigenvalue weighted by atomic mass is 10.3. The Bertz CT molecular complexity index is 536. The second kappa shape index (κ2) is 4.58. The van der Waals surface area contributed by atoms with E-state index in [1.165, 1.54) is 6.33 Å². The van der Waals surface area contributed by atoms with Gasteiger partial charge >= 0.3 is 0 Å². The molecule has 0 spiro atoms. The second-order valence-corrected chi connectivity index (χ2v) is 3.93. The number of hydrogen-bond acceptors (Lipinski definition) is 5. The van der Waals surface area contributed by atoms with Crippen LogP contribution >= 0.6 is 11.6 Å². The minimum atomic E-state index is 0.240. The van der Waals surface area contributed by atoms with Gasteiger partial charge in [0.25, 0.3) is 0 Å². The molecule has 0 atom stereocenters. The topological polar surface area (TPSA) is 81.7 Å². The minimum Gasteiger partial charge on any atom is -0.393 e. The Balaban J connectivity index is 2.34. The molecule has 2 rings (SSSR count). The molecule has 0 aromatic carbocycles. The molecule has 6 nitrogen and oxygen atoms in total. The van der Waals surface area contributed by atoms with Gasteiger partial charge in [0.1, 0.15) is 12.0 Å². The normalized spacial score (nSPS) is 10.5. The van der Waals surface area contributed by atoms with Crippen LogP contribution in [0.4, 0.5) is 17.2 Å². The quantitative estimate of drug-likeness (QED) is 0.814. The molecule has 0 aliphatic carbocycles. The van der Waals surface area contributed by atoms with Gasteiger partial charge in [-0.25, -0.2) is 9.97 Å². The summed E-state index contributed by atoms with van der Waals surface area (Å²) in [6, 6.07) is 0. The zero-order valence-electron chi connectivity index (χ0n) is 9.61. The van der Waals surface area contributed by atoms with E-state index in [1.54, 1.807) is 4.68 Å². The van der Waals surface area contributed by atoms with E-state index in [2.05, 4.69) is 20.4 Å². The van der Waals surface area contributed by atoms with E-state index in [9.17, 15) is 0 Å². The Morgan fingerprint density at radius 2 is 2.24 bits per heavy atom.